The highest BCUT2D eigenvalue weighted by molar-refractivity contribution is 7.08. The number of carbonyl (C=O) groups is 1. The summed E-state index contributed by atoms with van der Waals surface area (Å²) in [7, 11) is 0. The standard InChI is InChI=1S/C19H16F3N3OS/c20-19(21,22)14-4-1-3-12(9-14)15-10-23-17(24-15)16-5-2-7-25(16)18(26)13-6-8-27-11-13/h1,3-4,6,8-11,16H,2,5,7H2,(H,23,24)/t16-/m1/s1. The van der Waals surface area contributed by atoms with Gasteiger partial charge in [-0.2, -0.15) is 24.5 Å². The molecule has 1 fully saturated rings. The molecule has 0 radical (unpaired) electrons. The number of nitrogens with zero attached hydrogens (tertiary/aromatic N) is 2. The number of carbonyl (C=O) groups excluding carboxylic acids is 1. The van der Waals surface area contributed by atoms with Crippen molar-refractivity contribution in [2.24, 2.45) is 0 Å². The SMILES string of the molecule is O=C(c1ccsc1)N1CCC[C@@H]1c1ncc(-c2cccc(C(F)(F)F)c2)[nH]1. The second-order valence-corrected chi connectivity index (χ2v) is 7.21. The Morgan fingerprint density at radius 1 is 1.30 bits per heavy atom. The highest BCUT2D eigenvalue weighted by Crippen LogP contribution is 2.34. The monoisotopic (exact) mass is 391 g/mol. The quantitative estimate of drug-likeness (QED) is 0.673. The normalized spacial score (nSPS) is 17.4. The summed E-state index contributed by atoms with van der Waals surface area (Å²) in [5, 5.41) is 3.67. The first-order valence-electron chi connectivity index (χ1n) is 8.49. The molecule has 8 heteroatoms. The minimum atomic E-state index is -4.39. The number of amides is 1. The van der Waals surface area contributed by atoms with Crippen LogP contribution < -0.4 is 0 Å². The molecule has 1 aromatic carbocycles. The summed E-state index contributed by atoms with van der Waals surface area (Å²) < 4.78 is 38.8. The fraction of sp³-hybridized carbons (Fsp3) is 0.263. The number of H-pyrrole nitrogens is 1. The van der Waals surface area contributed by atoms with Gasteiger partial charge in [-0.25, -0.2) is 4.98 Å². The molecule has 0 unspecified atom stereocenters. The summed E-state index contributed by atoms with van der Waals surface area (Å²) in [6, 6.07) is 6.71. The number of rotatable bonds is 3. The van der Waals surface area contributed by atoms with Crippen molar-refractivity contribution in [2.75, 3.05) is 6.54 Å². The maximum Gasteiger partial charge on any atom is 0.416 e. The Hall–Kier alpha value is -2.61. The van der Waals surface area contributed by atoms with E-state index in [1.54, 1.807) is 17.0 Å². The van der Waals surface area contributed by atoms with Crippen LogP contribution in [0.25, 0.3) is 11.3 Å². The molecule has 1 aliphatic heterocycles. The van der Waals surface area contributed by atoms with Gasteiger partial charge in [-0.05, 0) is 36.4 Å². The third kappa shape index (κ3) is 3.49. The van der Waals surface area contributed by atoms with Gasteiger partial charge in [0.25, 0.3) is 5.91 Å². The summed E-state index contributed by atoms with van der Waals surface area (Å²) in [4.78, 5) is 21.9. The Morgan fingerprint density at radius 2 is 2.15 bits per heavy atom. The van der Waals surface area contributed by atoms with Crippen LogP contribution in [0.15, 0.2) is 47.3 Å². The molecule has 3 heterocycles. The molecule has 4 rings (SSSR count). The predicted molar refractivity (Wildman–Crippen MR) is 96.4 cm³/mol. The molecule has 0 saturated carbocycles. The molecule has 4 nitrogen and oxygen atoms in total. The van der Waals surface area contributed by atoms with Gasteiger partial charge in [0, 0.05) is 17.5 Å². The van der Waals surface area contributed by atoms with Crippen molar-refractivity contribution in [3.8, 4) is 11.3 Å². The number of likely N-dealkylation sites (tertiary alicyclic amines) is 1. The van der Waals surface area contributed by atoms with Gasteiger partial charge in [-0.1, -0.05) is 12.1 Å². The zero-order valence-electron chi connectivity index (χ0n) is 14.2. The minimum absolute atomic E-state index is 0.0456. The van der Waals surface area contributed by atoms with Crippen LogP contribution in [0.4, 0.5) is 13.2 Å². The van der Waals surface area contributed by atoms with Gasteiger partial charge in [0.2, 0.25) is 0 Å². The average molecular weight is 391 g/mol. The fourth-order valence-electron chi connectivity index (χ4n) is 3.36. The summed E-state index contributed by atoms with van der Waals surface area (Å²) in [6.45, 7) is 0.638. The van der Waals surface area contributed by atoms with Gasteiger partial charge in [0.1, 0.15) is 5.82 Å². The predicted octanol–water partition coefficient (Wildman–Crippen LogP) is 5.13. The maximum absolute atomic E-state index is 12.9. The number of thiophene rings is 1. The van der Waals surface area contributed by atoms with Gasteiger partial charge in [-0.3, -0.25) is 4.79 Å². The van der Waals surface area contributed by atoms with Crippen molar-refractivity contribution < 1.29 is 18.0 Å². The third-order valence-corrected chi connectivity index (χ3v) is 5.38. The topological polar surface area (TPSA) is 49.0 Å². The third-order valence-electron chi connectivity index (χ3n) is 4.69. The van der Waals surface area contributed by atoms with E-state index in [0.717, 1.165) is 25.0 Å². The van der Waals surface area contributed by atoms with Gasteiger partial charge >= 0.3 is 6.18 Å². The minimum Gasteiger partial charge on any atom is -0.340 e. The van der Waals surface area contributed by atoms with Crippen molar-refractivity contribution in [1.29, 1.82) is 0 Å². The van der Waals surface area contributed by atoms with Crippen LogP contribution in [0, 0.1) is 0 Å². The largest absolute Gasteiger partial charge is 0.416 e. The van der Waals surface area contributed by atoms with Crippen LogP contribution in [-0.2, 0) is 6.18 Å². The molecule has 0 spiro atoms. The van der Waals surface area contributed by atoms with Crippen LogP contribution in [0.5, 0.6) is 0 Å². The Bertz CT molecular complexity index is 949. The number of aromatic amines is 1. The fourth-order valence-corrected chi connectivity index (χ4v) is 3.99. The van der Waals surface area contributed by atoms with Crippen LogP contribution in [-0.4, -0.2) is 27.3 Å². The summed E-state index contributed by atoms with van der Waals surface area (Å²) in [6.07, 6.45) is -1.24. The van der Waals surface area contributed by atoms with Gasteiger partial charge in [0.15, 0.2) is 0 Å². The lowest BCUT2D eigenvalue weighted by atomic mass is 10.1. The zero-order valence-corrected chi connectivity index (χ0v) is 15.0. The first-order valence-corrected chi connectivity index (χ1v) is 9.43. The summed E-state index contributed by atoms with van der Waals surface area (Å²) >= 11 is 1.47. The molecule has 2 aromatic heterocycles. The number of nitrogens with one attached hydrogen (secondary N) is 1. The average Bonchev–Trinajstić information content (AvgIpc) is 3.41. The van der Waals surface area contributed by atoms with E-state index in [1.165, 1.54) is 23.6 Å². The Morgan fingerprint density at radius 3 is 2.89 bits per heavy atom. The lowest BCUT2D eigenvalue weighted by Gasteiger charge is -2.22. The van der Waals surface area contributed by atoms with E-state index < -0.39 is 11.7 Å². The highest BCUT2D eigenvalue weighted by Gasteiger charge is 2.33. The number of hydrogen-bond acceptors (Lipinski definition) is 3. The van der Waals surface area contributed by atoms with Gasteiger partial charge < -0.3 is 9.88 Å². The molecule has 1 atom stereocenters. The van der Waals surface area contributed by atoms with Crippen molar-refractivity contribution in [2.45, 2.75) is 25.1 Å². The lowest BCUT2D eigenvalue weighted by molar-refractivity contribution is -0.137. The second kappa shape index (κ2) is 6.84. The van der Waals surface area contributed by atoms with E-state index in [9.17, 15) is 18.0 Å². The molecule has 1 saturated heterocycles. The first kappa shape index (κ1) is 17.8. The van der Waals surface area contributed by atoms with Crippen LogP contribution in [0.3, 0.4) is 0 Å². The van der Waals surface area contributed by atoms with E-state index in [0.29, 0.717) is 29.2 Å². The summed E-state index contributed by atoms with van der Waals surface area (Å²) in [5.74, 6) is 0.555. The molecule has 3 aromatic rings. The number of benzene rings is 1. The molecule has 1 amide bonds. The number of hydrogen-bond donors (Lipinski definition) is 1. The number of imidazole rings is 1. The van der Waals surface area contributed by atoms with Crippen molar-refractivity contribution in [1.82, 2.24) is 14.9 Å². The zero-order chi connectivity index (χ0) is 19.0. The molecule has 0 bridgehead atoms. The first-order chi connectivity index (χ1) is 12.9. The summed E-state index contributed by atoms with van der Waals surface area (Å²) in [5.41, 5.74) is 0.867. The molecule has 0 aliphatic carbocycles. The van der Waals surface area contributed by atoms with E-state index in [1.807, 2.05) is 10.8 Å². The Kier molecular flexibility index (Phi) is 4.51. The van der Waals surface area contributed by atoms with Crippen LogP contribution in [0.2, 0.25) is 0 Å². The van der Waals surface area contributed by atoms with Gasteiger partial charge in [0.05, 0.1) is 29.1 Å². The van der Waals surface area contributed by atoms with E-state index in [-0.39, 0.29) is 11.9 Å². The van der Waals surface area contributed by atoms with E-state index in [4.69, 9.17) is 0 Å². The van der Waals surface area contributed by atoms with Crippen molar-refractivity contribution in [3.05, 3.63) is 64.2 Å². The lowest BCUT2D eigenvalue weighted by Crippen LogP contribution is -2.30. The molecular weight excluding hydrogens is 375 g/mol. The Balaban J connectivity index is 1.60. The van der Waals surface area contributed by atoms with Gasteiger partial charge in [-0.15, -0.1) is 0 Å². The molecule has 1 aliphatic rings. The molecular formula is C19H16F3N3OS. The number of halogens is 3. The van der Waals surface area contributed by atoms with Crippen molar-refractivity contribution in [3.63, 3.8) is 0 Å². The Labute approximate surface area is 157 Å². The van der Waals surface area contributed by atoms with E-state index >= 15 is 0 Å². The molecule has 27 heavy (non-hydrogen) atoms. The van der Waals surface area contributed by atoms with Crippen molar-refractivity contribution >= 4 is 17.2 Å². The van der Waals surface area contributed by atoms with Crippen LogP contribution >= 0.6 is 11.3 Å². The second-order valence-electron chi connectivity index (χ2n) is 6.43. The maximum atomic E-state index is 12.9. The highest BCUT2D eigenvalue weighted by atomic mass is 32.1. The van der Waals surface area contributed by atoms with E-state index in [2.05, 4.69) is 9.97 Å². The number of alkyl halides is 3. The smallest absolute Gasteiger partial charge is 0.340 e. The number of aromatic nitrogens is 2. The molecule has 140 valence electrons. The van der Waals surface area contributed by atoms with Crippen LogP contribution in [0.1, 0.15) is 40.6 Å². The molecule has 1 N–H and O–H groups in total.